The summed E-state index contributed by atoms with van der Waals surface area (Å²) in [6.45, 7) is 6.12. The van der Waals surface area contributed by atoms with Gasteiger partial charge in [0.2, 0.25) is 0 Å². The molecule has 15 heavy (non-hydrogen) atoms. The summed E-state index contributed by atoms with van der Waals surface area (Å²) >= 11 is 0. The van der Waals surface area contributed by atoms with Gasteiger partial charge in [0.15, 0.2) is 0 Å². The molecule has 0 unspecified atom stereocenters. The Morgan fingerprint density at radius 3 is 2.80 bits per heavy atom. The van der Waals surface area contributed by atoms with Crippen LogP contribution in [0.2, 0.25) is 0 Å². The highest BCUT2D eigenvalue weighted by Crippen LogP contribution is 1.99. The molecule has 0 spiro atoms. The van der Waals surface area contributed by atoms with Crippen molar-refractivity contribution in [2.24, 2.45) is 5.73 Å². The second-order valence-electron chi connectivity index (χ2n) is 3.65. The van der Waals surface area contributed by atoms with Crippen LogP contribution in [-0.4, -0.2) is 36.1 Å². The minimum Gasteiger partial charge on any atom is -0.329 e. The number of aromatic nitrogens is 1. The van der Waals surface area contributed by atoms with Gasteiger partial charge in [0.05, 0.1) is 0 Å². The van der Waals surface area contributed by atoms with Crippen LogP contribution in [0.15, 0.2) is 24.4 Å². The maximum absolute atomic E-state index is 5.53. The number of likely N-dealkylation sites (N-methyl/N-ethyl adjacent to an activating group) is 1. The molecule has 0 saturated heterocycles. The molecule has 3 heteroatoms. The van der Waals surface area contributed by atoms with Crippen LogP contribution in [-0.2, 0) is 6.42 Å². The Kier molecular flexibility index (Phi) is 5.97. The number of aryl methyl sites for hydroxylation is 1. The molecule has 1 heterocycles. The van der Waals surface area contributed by atoms with Crippen LogP contribution in [0.5, 0.6) is 0 Å². The van der Waals surface area contributed by atoms with E-state index in [1.807, 2.05) is 18.3 Å². The van der Waals surface area contributed by atoms with Crippen molar-refractivity contribution in [3.8, 4) is 0 Å². The second kappa shape index (κ2) is 7.37. The van der Waals surface area contributed by atoms with Crippen LogP contribution in [0.3, 0.4) is 0 Å². The minimum absolute atomic E-state index is 0.747. The van der Waals surface area contributed by atoms with Gasteiger partial charge in [-0.3, -0.25) is 4.98 Å². The molecule has 3 nitrogen and oxygen atoms in total. The van der Waals surface area contributed by atoms with Gasteiger partial charge in [-0.05, 0) is 38.1 Å². The van der Waals surface area contributed by atoms with Gasteiger partial charge in [0, 0.05) is 25.0 Å². The van der Waals surface area contributed by atoms with Crippen LogP contribution in [0.4, 0.5) is 0 Å². The molecule has 0 aliphatic heterocycles. The first-order chi connectivity index (χ1) is 7.36. The second-order valence-corrected chi connectivity index (χ2v) is 3.65. The standard InChI is InChI=1S/C12H21N3/c1-2-15(11-8-13)10-5-7-12-6-3-4-9-14-12/h3-4,6,9H,2,5,7-8,10-11,13H2,1H3. The number of nitrogens with zero attached hydrogens (tertiary/aromatic N) is 2. The molecule has 0 atom stereocenters. The van der Waals surface area contributed by atoms with Crippen molar-refractivity contribution in [2.75, 3.05) is 26.2 Å². The lowest BCUT2D eigenvalue weighted by molar-refractivity contribution is 0.292. The first kappa shape index (κ1) is 12.1. The number of pyridine rings is 1. The summed E-state index contributed by atoms with van der Waals surface area (Å²) in [4.78, 5) is 6.68. The Labute approximate surface area is 92.3 Å². The average Bonchev–Trinajstić information content (AvgIpc) is 2.29. The molecule has 0 saturated carbocycles. The highest BCUT2D eigenvalue weighted by atomic mass is 15.1. The Bertz CT molecular complexity index is 248. The Morgan fingerprint density at radius 1 is 1.33 bits per heavy atom. The molecule has 2 N–H and O–H groups in total. The zero-order valence-corrected chi connectivity index (χ0v) is 9.52. The molecular formula is C12H21N3. The Balaban J connectivity index is 2.20. The van der Waals surface area contributed by atoms with E-state index < -0.39 is 0 Å². The number of rotatable bonds is 7. The van der Waals surface area contributed by atoms with Crippen LogP contribution in [0, 0.1) is 0 Å². The van der Waals surface area contributed by atoms with Crippen LogP contribution in [0.25, 0.3) is 0 Å². The molecule has 0 bridgehead atoms. The smallest absolute Gasteiger partial charge is 0.0404 e. The third-order valence-corrected chi connectivity index (χ3v) is 2.53. The molecule has 1 rings (SSSR count). The van der Waals surface area contributed by atoms with E-state index in [4.69, 9.17) is 5.73 Å². The van der Waals surface area contributed by atoms with E-state index in [1.54, 1.807) is 0 Å². The highest BCUT2D eigenvalue weighted by molar-refractivity contribution is 5.03. The van der Waals surface area contributed by atoms with E-state index in [0.29, 0.717) is 0 Å². The highest BCUT2D eigenvalue weighted by Gasteiger charge is 2.00. The van der Waals surface area contributed by atoms with Crippen LogP contribution < -0.4 is 5.73 Å². The van der Waals surface area contributed by atoms with Gasteiger partial charge in [-0.1, -0.05) is 13.0 Å². The molecule has 0 aromatic carbocycles. The number of hydrogen-bond donors (Lipinski definition) is 1. The molecule has 0 amide bonds. The third-order valence-electron chi connectivity index (χ3n) is 2.53. The fraction of sp³-hybridized carbons (Fsp3) is 0.583. The van der Waals surface area contributed by atoms with Crippen molar-refractivity contribution in [2.45, 2.75) is 19.8 Å². The zero-order chi connectivity index (χ0) is 10.9. The van der Waals surface area contributed by atoms with E-state index in [0.717, 1.165) is 39.0 Å². The summed E-state index contributed by atoms with van der Waals surface area (Å²) < 4.78 is 0. The SMILES string of the molecule is CCN(CCN)CCCc1ccccn1. The summed E-state index contributed by atoms with van der Waals surface area (Å²) in [5.74, 6) is 0. The van der Waals surface area contributed by atoms with Crippen molar-refractivity contribution in [1.82, 2.24) is 9.88 Å². The normalized spacial score (nSPS) is 10.9. The molecular weight excluding hydrogens is 186 g/mol. The molecule has 1 aromatic rings. The Morgan fingerprint density at radius 2 is 2.20 bits per heavy atom. The summed E-state index contributed by atoms with van der Waals surface area (Å²) in [7, 11) is 0. The van der Waals surface area contributed by atoms with Crippen LogP contribution >= 0.6 is 0 Å². The fourth-order valence-corrected chi connectivity index (χ4v) is 1.64. The van der Waals surface area contributed by atoms with Crippen molar-refractivity contribution >= 4 is 0 Å². The van der Waals surface area contributed by atoms with Gasteiger partial charge in [-0.2, -0.15) is 0 Å². The molecule has 0 radical (unpaired) electrons. The predicted octanol–water partition coefficient (Wildman–Crippen LogP) is 1.29. The summed E-state index contributed by atoms with van der Waals surface area (Å²) in [5, 5.41) is 0. The molecule has 84 valence electrons. The van der Waals surface area contributed by atoms with Gasteiger partial charge in [-0.15, -0.1) is 0 Å². The van der Waals surface area contributed by atoms with Crippen molar-refractivity contribution in [1.29, 1.82) is 0 Å². The van der Waals surface area contributed by atoms with Gasteiger partial charge in [-0.25, -0.2) is 0 Å². The van der Waals surface area contributed by atoms with E-state index >= 15 is 0 Å². The first-order valence-corrected chi connectivity index (χ1v) is 5.69. The monoisotopic (exact) mass is 207 g/mol. The van der Waals surface area contributed by atoms with Crippen molar-refractivity contribution in [3.63, 3.8) is 0 Å². The van der Waals surface area contributed by atoms with E-state index in [-0.39, 0.29) is 0 Å². The molecule has 0 fully saturated rings. The van der Waals surface area contributed by atoms with Crippen molar-refractivity contribution in [3.05, 3.63) is 30.1 Å². The van der Waals surface area contributed by atoms with Gasteiger partial charge in [0.1, 0.15) is 0 Å². The minimum atomic E-state index is 0.747. The maximum atomic E-state index is 5.53. The largest absolute Gasteiger partial charge is 0.329 e. The average molecular weight is 207 g/mol. The van der Waals surface area contributed by atoms with Gasteiger partial charge < -0.3 is 10.6 Å². The third kappa shape index (κ3) is 4.91. The summed E-state index contributed by atoms with van der Waals surface area (Å²) in [6.07, 6.45) is 4.07. The quantitative estimate of drug-likeness (QED) is 0.732. The summed E-state index contributed by atoms with van der Waals surface area (Å²) in [6, 6.07) is 6.08. The Hall–Kier alpha value is -0.930. The van der Waals surface area contributed by atoms with Gasteiger partial charge in [0.25, 0.3) is 0 Å². The van der Waals surface area contributed by atoms with E-state index in [1.165, 1.54) is 5.69 Å². The van der Waals surface area contributed by atoms with E-state index in [9.17, 15) is 0 Å². The van der Waals surface area contributed by atoms with Crippen molar-refractivity contribution < 1.29 is 0 Å². The van der Waals surface area contributed by atoms with Crippen LogP contribution in [0.1, 0.15) is 19.0 Å². The fourth-order valence-electron chi connectivity index (χ4n) is 1.64. The molecule has 0 aliphatic rings. The number of hydrogen-bond acceptors (Lipinski definition) is 3. The van der Waals surface area contributed by atoms with Gasteiger partial charge >= 0.3 is 0 Å². The topological polar surface area (TPSA) is 42.1 Å². The summed E-state index contributed by atoms with van der Waals surface area (Å²) in [5.41, 5.74) is 6.72. The predicted molar refractivity (Wildman–Crippen MR) is 63.7 cm³/mol. The zero-order valence-electron chi connectivity index (χ0n) is 9.52. The lowest BCUT2D eigenvalue weighted by atomic mass is 10.2. The lowest BCUT2D eigenvalue weighted by Crippen LogP contribution is -2.30. The lowest BCUT2D eigenvalue weighted by Gasteiger charge is -2.18. The first-order valence-electron chi connectivity index (χ1n) is 5.69. The molecule has 1 aromatic heterocycles. The number of nitrogens with two attached hydrogens (primary N) is 1. The molecule has 0 aliphatic carbocycles. The van der Waals surface area contributed by atoms with E-state index in [2.05, 4.69) is 22.9 Å². The maximum Gasteiger partial charge on any atom is 0.0404 e.